The Bertz CT molecular complexity index is 268. The molecule has 0 saturated heterocycles. The monoisotopic (exact) mass is 249 g/mol. The van der Waals surface area contributed by atoms with Gasteiger partial charge in [-0.2, -0.15) is 0 Å². The maximum atomic E-state index is 11.3. The average Bonchev–Trinajstić information content (AvgIpc) is 2.14. The third-order valence-electron chi connectivity index (χ3n) is 2.04. The van der Waals surface area contributed by atoms with Crippen LogP contribution in [0.4, 0.5) is 0 Å². The van der Waals surface area contributed by atoms with E-state index in [-0.39, 0.29) is 24.8 Å². The molecule has 5 nitrogen and oxygen atoms in total. The molecular weight excluding hydrogens is 230 g/mol. The number of hydrogen-bond donors (Lipinski definition) is 2. The molecule has 2 atom stereocenters. The normalized spacial score (nSPS) is 14.1. The van der Waals surface area contributed by atoms with E-state index in [1.54, 1.807) is 6.26 Å². The van der Waals surface area contributed by atoms with E-state index < -0.39 is 16.8 Å². The minimum absolute atomic E-state index is 0.0128. The Kier molecular flexibility index (Phi) is 7.80. The molecule has 0 saturated carbocycles. The molecule has 0 aromatic rings. The molecule has 0 bridgehead atoms. The van der Waals surface area contributed by atoms with E-state index in [4.69, 9.17) is 5.11 Å². The Hall–Kier alpha value is -0.910. The van der Waals surface area contributed by atoms with Crippen LogP contribution in [0.25, 0.3) is 0 Å². The molecule has 0 radical (unpaired) electrons. The van der Waals surface area contributed by atoms with E-state index in [1.807, 2.05) is 6.92 Å². The number of carbonyl (C=O) groups is 2. The number of carboxylic acids is 1. The SMILES string of the molecule is CC(CCS(C)=O)NC(=O)CCCC(=O)O. The summed E-state index contributed by atoms with van der Waals surface area (Å²) >= 11 is 0. The van der Waals surface area contributed by atoms with Crippen LogP contribution < -0.4 is 5.32 Å². The molecule has 16 heavy (non-hydrogen) atoms. The third kappa shape index (κ3) is 9.64. The maximum Gasteiger partial charge on any atom is 0.303 e. The first kappa shape index (κ1) is 15.1. The fourth-order valence-corrected chi connectivity index (χ4v) is 1.85. The van der Waals surface area contributed by atoms with Gasteiger partial charge < -0.3 is 10.4 Å². The third-order valence-corrected chi connectivity index (χ3v) is 2.85. The van der Waals surface area contributed by atoms with Crippen molar-refractivity contribution in [2.45, 2.75) is 38.6 Å². The number of hydrogen-bond acceptors (Lipinski definition) is 3. The minimum Gasteiger partial charge on any atom is -0.481 e. The maximum absolute atomic E-state index is 11.3. The zero-order chi connectivity index (χ0) is 12.6. The van der Waals surface area contributed by atoms with Gasteiger partial charge >= 0.3 is 5.97 Å². The fraction of sp³-hybridized carbons (Fsp3) is 0.800. The number of carbonyl (C=O) groups excluding carboxylic acids is 1. The lowest BCUT2D eigenvalue weighted by atomic mass is 10.2. The van der Waals surface area contributed by atoms with E-state index in [1.165, 1.54) is 0 Å². The van der Waals surface area contributed by atoms with E-state index in [2.05, 4.69) is 5.32 Å². The zero-order valence-corrected chi connectivity index (χ0v) is 10.5. The molecule has 0 spiro atoms. The van der Waals surface area contributed by atoms with Gasteiger partial charge in [0.15, 0.2) is 0 Å². The van der Waals surface area contributed by atoms with Crippen LogP contribution in [0.15, 0.2) is 0 Å². The molecule has 2 N–H and O–H groups in total. The highest BCUT2D eigenvalue weighted by atomic mass is 32.2. The molecule has 2 unspecified atom stereocenters. The first-order chi connectivity index (χ1) is 7.41. The van der Waals surface area contributed by atoms with Crippen molar-refractivity contribution >= 4 is 22.7 Å². The Morgan fingerprint density at radius 3 is 2.50 bits per heavy atom. The average molecular weight is 249 g/mol. The van der Waals surface area contributed by atoms with Crippen LogP contribution in [-0.2, 0) is 20.4 Å². The highest BCUT2D eigenvalue weighted by Gasteiger charge is 2.08. The largest absolute Gasteiger partial charge is 0.481 e. The van der Waals surface area contributed by atoms with Gasteiger partial charge in [-0.05, 0) is 19.8 Å². The van der Waals surface area contributed by atoms with Crippen LogP contribution in [-0.4, -0.2) is 39.2 Å². The van der Waals surface area contributed by atoms with Crippen molar-refractivity contribution in [3.8, 4) is 0 Å². The Labute approximate surface area is 98.1 Å². The second kappa shape index (κ2) is 8.27. The van der Waals surface area contributed by atoms with Gasteiger partial charge in [0, 0.05) is 41.7 Å². The first-order valence-electron chi connectivity index (χ1n) is 5.23. The molecule has 0 rings (SSSR count). The second-order valence-electron chi connectivity index (χ2n) is 3.78. The fourth-order valence-electron chi connectivity index (χ4n) is 1.16. The topological polar surface area (TPSA) is 83.5 Å². The predicted molar refractivity (Wildman–Crippen MR) is 62.6 cm³/mol. The highest BCUT2D eigenvalue weighted by molar-refractivity contribution is 7.84. The Balaban J connectivity index is 3.61. The van der Waals surface area contributed by atoms with Gasteiger partial charge in [-0.3, -0.25) is 13.8 Å². The first-order valence-corrected chi connectivity index (χ1v) is 6.95. The van der Waals surface area contributed by atoms with Crippen molar-refractivity contribution in [3.63, 3.8) is 0 Å². The smallest absolute Gasteiger partial charge is 0.303 e. The summed E-state index contributed by atoms with van der Waals surface area (Å²) in [5.41, 5.74) is 0. The number of amides is 1. The number of aliphatic carboxylic acids is 1. The van der Waals surface area contributed by atoms with Gasteiger partial charge in [0.05, 0.1) is 0 Å². The van der Waals surface area contributed by atoms with Crippen molar-refractivity contribution in [1.82, 2.24) is 5.32 Å². The van der Waals surface area contributed by atoms with E-state index in [0.717, 1.165) is 0 Å². The summed E-state index contributed by atoms with van der Waals surface area (Å²) in [6.07, 6.45) is 2.90. The second-order valence-corrected chi connectivity index (χ2v) is 5.34. The van der Waals surface area contributed by atoms with Gasteiger partial charge in [0.2, 0.25) is 5.91 Å². The summed E-state index contributed by atoms with van der Waals surface area (Å²) in [5, 5.41) is 11.1. The Morgan fingerprint density at radius 1 is 1.38 bits per heavy atom. The lowest BCUT2D eigenvalue weighted by Crippen LogP contribution is -2.33. The number of carboxylic acid groups (broad SMARTS) is 1. The summed E-state index contributed by atoms with van der Waals surface area (Å²) in [6.45, 7) is 1.85. The van der Waals surface area contributed by atoms with Gasteiger partial charge in [0.25, 0.3) is 0 Å². The number of rotatable bonds is 8. The van der Waals surface area contributed by atoms with E-state index in [0.29, 0.717) is 18.6 Å². The van der Waals surface area contributed by atoms with Gasteiger partial charge in [-0.1, -0.05) is 0 Å². The van der Waals surface area contributed by atoms with Gasteiger partial charge in [0.1, 0.15) is 0 Å². The molecule has 94 valence electrons. The van der Waals surface area contributed by atoms with Crippen molar-refractivity contribution in [2.24, 2.45) is 0 Å². The van der Waals surface area contributed by atoms with Crippen LogP contribution in [0.1, 0.15) is 32.6 Å². The molecule has 0 aromatic heterocycles. The van der Waals surface area contributed by atoms with Crippen LogP contribution >= 0.6 is 0 Å². The molecule has 0 aliphatic carbocycles. The molecule has 0 heterocycles. The lowest BCUT2D eigenvalue weighted by Gasteiger charge is -2.12. The summed E-state index contributed by atoms with van der Waals surface area (Å²) in [4.78, 5) is 21.5. The molecular formula is C10H19NO4S. The van der Waals surface area contributed by atoms with Crippen LogP contribution in [0, 0.1) is 0 Å². The summed E-state index contributed by atoms with van der Waals surface area (Å²) in [5.74, 6) is -0.464. The van der Waals surface area contributed by atoms with Crippen LogP contribution in [0.2, 0.25) is 0 Å². The van der Waals surface area contributed by atoms with Crippen molar-refractivity contribution in [1.29, 1.82) is 0 Å². The molecule has 0 fully saturated rings. The summed E-state index contributed by atoms with van der Waals surface area (Å²) in [7, 11) is -0.842. The van der Waals surface area contributed by atoms with Crippen LogP contribution in [0.5, 0.6) is 0 Å². The predicted octanol–water partition coefficient (Wildman–Crippen LogP) is 0.515. The number of nitrogens with one attached hydrogen (secondary N) is 1. The molecule has 1 amide bonds. The summed E-state index contributed by atoms with van der Waals surface area (Å²) in [6, 6.07) is -0.0128. The van der Waals surface area contributed by atoms with Crippen molar-refractivity contribution < 1.29 is 18.9 Å². The Morgan fingerprint density at radius 2 is 2.00 bits per heavy atom. The minimum atomic E-state index is -0.887. The zero-order valence-electron chi connectivity index (χ0n) is 9.69. The van der Waals surface area contributed by atoms with Crippen molar-refractivity contribution in [3.05, 3.63) is 0 Å². The van der Waals surface area contributed by atoms with Gasteiger partial charge in [-0.15, -0.1) is 0 Å². The molecule has 0 aromatic carbocycles. The quantitative estimate of drug-likeness (QED) is 0.656. The molecule has 0 aliphatic rings. The van der Waals surface area contributed by atoms with Crippen molar-refractivity contribution in [2.75, 3.05) is 12.0 Å². The standard InChI is InChI=1S/C10H19NO4S/c1-8(6-7-16(2)15)11-9(12)4-3-5-10(13)14/h8H,3-7H2,1-2H3,(H,11,12)(H,13,14). The van der Waals surface area contributed by atoms with E-state index in [9.17, 15) is 13.8 Å². The lowest BCUT2D eigenvalue weighted by molar-refractivity contribution is -0.137. The van der Waals surface area contributed by atoms with Gasteiger partial charge in [-0.25, -0.2) is 0 Å². The highest BCUT2D eigenvalue weighted by Crippen LogP contribution is 1.98. The summed E-state index contributed by atoms with van der Waals surface area (Å²) < 4.78 is 10.8. The van der Waals surface area contributed by atoms with Crippen LogP contribution in [0.3, 0.4) is 0 Å². The van der Waals surface area contributed by atoms with E-state index >= 15 is 0 Å². The molecule has 6 heteroatoms. The molecule has 0 aliphatic heterocycles.